The van der Waals surface area contributed by atoms with Crippen molar-refractivity contribution in [2.75, 3.05) is 4.90 Å². The van der Waals surface area contributed by atoms with E-state index < -0.39 is 0 Å². The van der Waals surface area contributed by atoms with E-state index in [0.717, 1.165) is 42.7 Å². The second-order valence-electron chi connectivity index (χ2n) is 8.56. The maximum atomic E-state index is 12.2. The van der Waals surface area contributed by atoms with Gasteiger partial charge in [-0.05, 0) is 81.3 Å². The van der Waals surface area contributed by atoms with Gasteiger partial charge in [-0.1, -0.05) is 54.8 Å². The average molecular weight is 456 g/mol. The highest BCUT2D eigenvalue weighted by molar-refractivity contribution is 5.88. The lowest BCUT2D eigenvalue weighted by atomic mass is 10.1. The van der Waals surface area contributed by atoms with Crippen LogP contribution in [0, 0.1) is 13.8 Å². The zero-order valence-corrected chi connectivity index (χ0v) is 20.1. The molecule has 0 fully saturated rings. The van der Waals surface area contributed by atoms with Gasteiger partial charge in [-0.3, -0.25) is 9.59 Å². The number of hydrogen-bond acceptors (Lipinski definition) is 4. The van der Waals surface area contributed by atoms with Gasteiger partial charge in [0.15, 0.2) is 5.78 Å². The quantitative estimate of drug-likeness (QED) is 0.121. The number of esters is 1. The monoisotopic (exact) mass is 455 g/mol. The Bertz CT molecular complexity index is 1040. The Labute approximate surface area is 202 Å². The summed E-state index contributed by atoms with van der Waals surface area (Å²) in [5.41, 5.74) is 5.53. The minimum atomic E-state index is -0.233. The van der Waals surface area contributed by atoms with E-state index in [1.165, 1.54) is 17.2 Å². The number of anilines is 3. The van der Waals surface area contributed by atoms with Gasteiger partial charge in [0.05, 0.1) is 0 Å². The van der Waals surface area contributed by atoms with E-state index in [9.17, 15) is 9.59 Å². The Hall–Kier alpha value is -3.66. The van der Waals surface area contributed by atoms with E-state index in [2.05, 4.69) is 73.9 Å². The Morgan fingerprint density at radius 3 is 1.62 bits per heavy atom. The Morgan fingerprint density at radius 2 is 1.15 bits per heavy atom. The van der Waals surface area contributed by atoms with Crippen LogP contribution in [0.3, 0.4) is 0 Å². The Morgan fingerprint density at radius 1 is 0.706 bits per heavy atom. The van der Waals surface area contributed by atoms with Gasteiger partial charge in [0.1, 0.15) is 5.75 Å². The van der Waals surface area contributed by atoms with Crippen molar-refractivity contribution in [3.8, 4) is 5.75 Å². The number of ether oxygens (including phenoxy) is 1. The van der Waals surface area contributed by atoms with Crippen molar-refractivity contribution in [2.45, 2.75) is 52.4 Å². The number of aryl methyl sites for hydroxylation is 2. The molecule has 0 saturated heterocycles. The summed E-state index contributed by atoms with van der Waals surface area (Å²) in [7, 11) is 0. The number of unbranched alkanes of at least 4 members (excludes halogenated alkanes) is 3. The fourth-order valence-electron chi connectivity index (χ4n) is 3.70. The molecule has 176 valence electrons. The predicted molar refractivity (Wildman–Crippen MR) is 139 cm³/mol. The summed E-state index contributed by atoms with van der Waals surface area (Å²) < 4.78 is 5.53. The first-order chi connectivity index (χ1) is 16.5. The standard InChI is InChI=1S/C30H33NO3/c1-4-28(32)9-7-5-6-8-10-30(33)34-29-21-19-27(20-22-29)31(25-15-11-23(2)12-16-25)26-17-13-24(3)14-18-26/h4,11-22H,1,5-10H2,2-3H3. The summed E-state index contributed by atoms with van der Waals surface area (Å²) in [6.07, 6.45) is 5.69. The van der Waals surface area contributed by atoms with E-state index in [4.69, 9.17) is 4.74 Å². The highest BCUT2D eigenvalue weighted by Gasteiger charge is 2.13. The van der Waals surface area contributed by atoms with Crippen LogP contribution in [0.1, 0.15) is 49.7 Å². The van der Waals surface area contributed by atoms with E-state index in [1.807, 2.05) is 24.3 Å². The number of hydrogen-bond donors (Lipinski definition) is 0. The summed E-state index contributed by atoms with van der Waals surface area (Å²) in [6, 6.07) is 24.5. The molecule has 0 bridgehead atoms. The first-order valence-electron chi connectivity index (χ1n) is 11.9. The molecule has 4 nitrogen and oxygen atoms in total. The van der Waals surface area contributed by atoms with Gasteiger partial charge < -0.3 is 9.64 Å². The average Bonchev–Trinajstić information content (AvgIpc) is 2.84. The molecule has 0 saturated carbocycles. The minimum Gasteiger partial charge on any atom is -0.427 e. The maximum absolute atomic E-state index is 12.2. The molecule has 3 aromatic rings. The molecular formula is C30H33NO3. The molecule has 0 aliphatic heterocycles. The third-order valence-corrected chi connectivity index (χ3v) is 5.69. The van der Waals surface area contributed by atoms with Crippen molar-refractivity contribution < 1.29 is 14.3 Å². The molecule has 0 atom stereocenters. The molecule has 3 rings (SSSR count). The molecule has 0 aliphatic carbocycles. The number of nitrogens with zero attached hydrogens (tertiary/aromatic N) is 1. The van der Waals surface area contributed by atoms with Crippen molar-refractivity contribution in [2.24, 2.45) is 0 Å². The SMILES string of the molecule is C=CC(=O)CCCCCCC(=O)Oc1ccc(N(c2ccc(C)cc2)c2ccc(C)cc2)cc1. The molecule has 0 radical (unpaired) electrons. The van der Waals surface area contributed by atoms with Gasteiger partial charge >= 0.3 is 5.97 Å². The predicted octanol–water partition coefficient (Wildman–Crippen LogP) is 7.77. The van der Waals surface area contributed by atoms with Gasteiger partial charge in [0.2, 0.25) is 0 Å². The lowest BCUT2D eigenvalue weighted by Gasteiger charge is -2.26. The number of ketones is 1. The normalized spacial score (nSPS) is 10.5. The van der Waals surface area contributed by atoms with Gasteiger partial charge in [-0.25, -0.2) is 0 Å². The minimum absolute atomic E-state index is 0.0752. The highest BCUT2D eigenvalue weighted by atomic mass is 16.5. The number of rotatable bonds is 12. The number of carbonyl (C=O) groups is 2. The molecule has 0 heterocycles. The maximum Gasteiger partial charge on any atom is 0.311 e. The van der Waals surface area contributed by atoms with E-state index in [-0.39, 0.29) is 11.8 Å². The van der Waals surface area contributed by atoms with E-state index in [1.54, 1.807) is 0 Å². The molecule has 0 aromatic heterocycles. The second kappa shape index (κ2) is 12.5. The molecule has 0 unspecified atom stereocenters. The van der Waals surface area contributed by atoms with Crippen LogP contribution >= 0.6 is 0 Å². The molecule has 0 amide bonds. The Kier molecular flexibility index (Phi) is 9.21. The van der Waals surface area contributed by atoms with Crippen LogP contribution in [-0.2, 0) is 9.59 Å². The summed E-state index contributed by atoms with van der Waals surface area (Å²) in [5, 5.41) is 0. The third kappa shape index (κ3) is 7.45. The summed E-state index contributed by atoms with van der Waals surface area (Å²) in [4.78, 5) is 25.6. The van der Waals surface area contributed by atoms with Crippen molar-refractivity contribution in [1.29, 1.82) is 0 Å². The summed E-state index contributed by atoms with van der Waals surface area (Å²) >= 11 is 0. The highest BCUT2D eigenvalue weighted by Crippen LogP contribution is 2.35. The zero-order valence-electron chi connectivity index (χ0n) is 20.1. The van der Waals surface area contributed by atoms with Crippen LogP contribution in [-0.4, -0.2) is 11.8 Å². The van der Waals surface area contributed by atoms with Crippen molar-refractivity contribution in [1.82, 2.24) is 0 Å². The molecule has 0 N–H and O–H groups in total. The topological polar surface area (TPSA) is 46.6 Å². The Balaban J connectivity index is 1.61. The fraction of sp³-hybridized carbons (Fsp3) is 0.267. The first-order valence-corrected chi connectivity index (χ1v) is 11.9. The van der Waals surface area contributed by atoms with Crippen molar-refractivity contribution in [3.63, 3.8) is 0 Å². The number of carbonyl (C=O) groups excluding carboxylic acids is 2. The number of allylic oxidation sites excluding steroid dienone is 1. The van der Waals surface area contributed by atoms with Crippen LogP contribution in [0.2, 0.25) is 0 Å². The summed E-state index contributed by atoms with van der Waals surface area (Å²) in [5.74, 6) is 0.383. The summed E-state index contributed by atoms with van der Waals surface area (Å²) in [6.45, 7) is 7.63. The third-order valence-electron chi connectivity index (χ3n) is 5.69. The van der Waals surface area contributed by atoms with Gasteiger partial charge in [-0.2, -0.15) is 0 Å². The number of benzene rings is 3. The largest absolute Gasteiger partial charge is 0.427 e. The smallest absolute Gasteiger partial charge is 0.311 e. The molecule has 0 spiro atoms. The fourth-order valence-corrected chi connectivity index (χ4v) is 3.70. The van der Waals surface area contributed by atoms with E-state index in [0.29, 0.717) is 18.6 Å². The molecule has 0 aliphatic rings. The zero-order chi connectivity index (χ0) is 24.3. The van der Waals surface area contributed by atoms with Crippen LogP contribution in [0.25, 0.3) is 0 Å². The molecular weight excluding hydrogens is 422 g/mol. The van der Waals surface area contributed by atoms with Gasteiger partial charge in [-0.15, -0.1) is 0 Å². The molecule has 4 heteroatoms. The van der Waals surface area contributed by atoms with Crippen molar-refractivity contribution in [3.05, 3.63) is 96.6 Å². The lowest BCUT2D eigenvalue weighted by Crippen LogP contribution is -2.10. The van der Waals surface area contributed by atoms with Crippen LogP contribution in [0.4, 0.5) is 17.1 Å². The van der Waals surface area contributed by atoms with Gasteiger partial charge in [0, 0.05) is 29.9 Å². The molecule has 3 aromatic carbocycles. The van der Waals surface area contributed by atoms with Crippen LogP contribution in [0.5, 0.6) is 5.75 Å². The molecule has 34 heavy (non-hydrogen) atoms. The van der Waals surface area contributed by atoms with E-state index >= 15 is 0 Å². The van der Waals surface area contributed by atoms with Crippen LogP contribution in [0.15, 0.2) is 85.5 Å². The lowest BCUT2D eigenvalue weighted by molar-refractivity contribution is -0.134. The van der Waals surface area contributed by atoms with Gasteiger partial charge in [0.25, 0.3) is 0 Å². The van der Waals surface area contributed by atoms with Crippen molar-refractivity contribution >= 4 is 28.8 Å². The van der Waals surface area contributed by atoms with Crippen LogP contribution < -0.4 is 9.64 Å². The second-order valence-corrected chi connectivity index (χ2v) is 8.56. The first kappa shape index (κ1) is 25.0.